The third-order valence-electron chi connectivity index (χ3n) is 14.8. The van der Waals surface area contributed by atoms with Crippen LogP contribution in [0, 0.1) is 0 Å². The predicted octanol–water partition coefficient (Wildman–Crippen LogP) is 5.23. The van der Waals surface area contributed by atoms with Crippen molar-refractivity contribution >= 4 is 40.3 Å². The second-order valence-electron chi connectivity index (χ2n) is 23.1. The third-order valence-corrected chi connectivity index (χ3v) is 21.5. The first kappa shape index (κ1) is 77.8. The highest BCUT2D eigenvalue weighted by Gasteiger charge is 2.32. The van der Waals surface area contributed by atoms with Crippen LogP contribution in [-0.4, -0.2) is 235 Å². The maximum absolute atomic E-state index is 12.2. The molecule has 4 saturated heterocycles. The van der Waals surface area contributed by atoms with Gasteiger partial charge in [-0.2, -0.15) is 21.3 Å². The number of unbranched alkanes of at least 4 members (excludes halogenated alkanes) is 20. The second-order valence-corrected chi connectivity index (χ2v) is 30.8. The Kier molecular flexibility index (Phi) is 45.3. The molecule has 0 aromatic carbocycles. The molecule has 4 fully saturated rings. The van der Waals surface area contributed by atoms with Crippen LogP contribution in [0.5, 0.6) is 0 Å². The summed E-state index contributed by atoms with van der Waals surface area (Å²) in [6.45, 7) is 22.9. The van der Waals surface area contributed by atoms with Gasteiger partial charge in [0, 0.05) is 52.4 Å². The molecule has 0 unspecified atom stereocenters. The van der Waals surface area contributed by atoms with Crippen molar-refractivity contribution in [3.8, 4) is 0 Å². The van der Waals surface area contributed by atoms with Crippen molar-refractivity contribution in [3.05, 3.63) is 0 Å². The van der Waals surface area contributed by atoms with Crippen LogP contribution >= 0.6 is 0 Å². The summed E-state index contributed by atoms with van der Waals surface area (Å²) in [6.07, 6.45) is 26.1. The average Bonchev–Trinajstić information content (AvgIpc) is 3.34. The highest BCUT2D eigenvalue weighted by atomic mass is 35.5. The van der Waals surface area contributed by atoms with Gasteiger partial charge < -0.3 is 36.5 Å². The highest BCUT2D eigenvalue weighted by molar-refractivity contribution is 7.89. The molecule has 22 heteroatoms. The minimum atomic E-state index is -4.22. The van der Waals surface area contributed by atoms with Gasteiger partial charge in [0.1, 0.15) is 0 Å². The highest BCUT2D eigenvalue weighted by Crippen LogP contribution is 2.17. The molecule has 4 rings (SSSR count). The van der Waals surface area contributed by atoms with Crippen LogP contribution in [0.3, 0.4) is 0 Å². The van der Waals surface area contributed by atoms with E-state index in [9.17, 15) is 37.6 Å². The van der Waals surface area contributed by atoms with Gasteiger partial charge in [0.05, 0.1) is 104 Å². The molecule has 76 heavy (non-hydrogen) atoms. The van der Waals surface area contributed by atoms with E-state index in [0.29, 0.717) is 62.9 Å². The Morgan fingerprint density at radius 2 is 0.592 bits per heavy atom. The van der Waals surface area contributed by atoms with E-state index in [0.717, 1.165) is 119 Å². The zero-order chi connectivity index (χ0) is 56.7. The molecule has 1 N–H and O–H groups in total. The summed E-state index contributed by atoms with van der Waals surface area (Å²) in [7, 11) is -0.365. The van der Waals surface area contributed by atoms with Crippen LogP contribution < -0.4 is 17.7 Å². The Labute approximate surface area is 476 Å². The number of likely N-dealkylation sites (N-methyl/N-ethyl adjacent to an activating group) is 4. The first-order valence-corrected chi connectivity index (χ1v) is 36.2. The van der Waals surface area contributed by atoms with Crippen LogP contribution in [0.1, 0.15) is 182 Å². The minimum Gasteiger partial charge on any atom is -1.00 e. The lowest BCUT2D eigenvalue weighted by Gasteiger charge is -2.38. The molecule has 0 atom stereocenters. The van der Waals surface area contributed by atoms with Crippen molar-refractivity contribution in [2.75, 3.05) is 170 Å². The fraction of sp³-hybridized carbons (Fsp3) is 1.00. The Hall–Kier alpha value is -0.300. The topological polar surface area (TPSA) is 165 Å². The molecular formula is C54H119ClFN8O8S4+. The normalized spacial score (nSPS) is 19.0. The van der Waals surface area contributed by atoms with E-state index in [1.54, 1.807) is 12.9 Å². The van der Waals surface area contributed by atoms with Crippen molar-refractivity contribution in [2.45, 2.75) is 182 Å². The van der Waals surface area contributed by atoms with Crippen LogP contribution in [-0.2, 0) is 40.3 Å². The fourth-order valence-electron chi connectivity index (χ4n) is 9.01. The number of hydrogen-bond acceptors (Lipinski definition) is 11. The summed E-state index contributed by atoms with van der Waals surface area (Å²) < 4.78 is 112. The molecule has 0 saturated carbocycles. The van der Waals surface area contributed by atoms with Crippen molar-refractivity contribution in [1.82, 2.24) is 28.0 Å². The Morgan fingerprint density at radius 1 is 0.355 bits per heavy atom. The second kappa shape index (κ2) is 44.3. The number of hydrogen-bond donors (Lipinski definition) is 1. The summed E-state index contributed by atoms with van der Waals surface area (Å²) in [6, 6.07) is 0. The molecule has 0 bridgehead atoms. The van der Waals surface area contributed by atoms with Crippen LogP contribution in [0.15, 0.2) is 0 Å². The number of halogens is 2. The lowest BCUT2D eigenvalue weighted by molar-refractivity contribution is -0.893. The average molecular weight is 1190 g/mol. The van der Waals surface area contributed by atoms with Crippen LogP contribution in [0.4, 0.5) is 3.89 Å². The summed E-state index contributed by atoms with van der Waals surface area (Å²) in [4.78, 5) is 4.51. The van der Waals surface area contributed by atoms with Crippen molar-refractivity contribution in [3.63, 3.8) is 0 Å². The number of nitrogens with one attached hydrogen (secondary N) is 1. The van der Waals surface area contributed by atoms with Crippen molar-refractivity contribution in [1.29, 1.82) is 0 Å². The summed E-state index contributed by atoms with van der Waals surface area (Å²) >= 11 is 0. The fourth-order valence-corrected chi connectivity index (χ4v) is 14.2. The van der Waals surface area contributed by atoms with Gasteiger partial charge >= 0.3 is 10.2 Å². The first-order valence-electron chi connectivity index (χ1n) is 29.8. The molecule has 0 aromatic rings. The van der Waals surface area contributed by atoms with Gasteiger partial charge in [0.2, 0.25) is 30.1 Å². The van der Waals surface area contributed by atoms with Gasteiger partial charge in [0.25, 0.3) is 0 Å². The largest absolute Gasteiger partial charge is 1.00 e. The van der Waals surface area contributed by atoms with Crippen LogP contribution in [0.2, 0.25) is 0 Å². The molecule has 4 aliphatic heterocycles. The summed E-state index contributed by atoms with van der Waals surface area (Å²) in [5, 5.41) is 3.27. The van der Waals surface area contributed by atoms with Gasteiger partial charge in [-0.15, -0.1) is 3.89 Å². The third kappa shape index (κ3) is 42.5. The molecule has 16 nitrogen and oxygen atoms in total. The van der Waals surface area contributed by atoms with Gasteiger partial charge in [0.15, 0.2) is 0 Å². The standard InChI is InChI=1S/2C14H31N2O2S.C13H28N2O2S.C8H17FO2S.C5H12N2.ClH/c2*1-4-5-6-7-8-9-14-19(17,18)15-10-12-16(2,3)13-11-15;1-3-4-5-6-7-8-13-18(16,17)15-11-9-14(2)10-12-15;1-2-3-4-5-6-7-8-12(9,10)11;1-7-4-2-6-3-5-7;/h2*4-14H2,1-3H3;3-13H2,1-2H3;2-8H2,1H3;6H,2-5H2,1H3;1H/q2*+1;;;;/p-1. The van der Waals surface area contributed by atoms with Crippen molar-refractivity contribution < 1.29 is 58.9 Å². The lowest BCUT2D eigenvalue weighted by Crippen LogP contribution is -3.00. The van der Waals surface area contributed by atoms with E-state index < -0.39 is 40.3 Å². The summed E-state index contributed by atoms with van der Waals surface area (Å²) in [5.74, 6) is 0.709. The summed E-state index contributed by atoms with van der Waals surface area (Å²) in [5.41, 5.74) is 0. The Morgan fingerprint density at radius 3 is 0.842 bits per heavy atom. The minimum absolute atomic E-state index is 0. The van der Waals surface area contributed by atoms with E-state index in [-0.39, 0.29) is 18.2 Å². The number of quaternary nitrogens is 2. The number of nitrogens with zero attached hydrogens (tertiary/aromatic N) is 7. The number of rotatable bonds is 31. The molecule has 0 aromatic heterocycles. The van der Waals surface area contributed by atoms with E-state index in [1.807, 2.05) is 7.05 Å². The van der Waals surface area contributed by atoms with Gasteiger partial charge in [-0.3, -0.25) is 0 Å². The van der Waals surface area contributed by atoms with Crippen LogP contribution in [0.25, 0.3) is 0 Å². The quantitative estimate of drug-likeness (QED) is 0.0549. The zero-order valence-corrected chi connectivity index (χ0v) is 54.4. The lowest BCUT2D eigenvalue weighted by atomic mass is 10.1. The van der Waals surface area contributed by atoms with E-state index >= 15 is 0 Å². The first-order chi connectivity index (χ1) is 35.3. The van der Waals surface area contributed by atoms with E-state index in [4.69, 9.17) is 0 Å². The van der Waals surface area contributed by atoms with Crippen molar-refractivity contribution in [2.24, 2.45) is 0 Å². The van der Waals surface area contributed by atoms with E-state index in [2.05, 4.69) is 78.0 Å². The molecule has 4 aliphatic rings. The molecule has 0 aliphatic carbocycles. The molecule has 4 heterocycles. The molecular weight excluding hydrogens is 1070 g/mol. The van der Waals surface area contributed by atoms with Gasteiger partial charge in [-0.25, -0.2) is 25.3 Å². The zero-order valence-electron chi connectivity index (χ0n) is 50.4. The maximum atomic E-state index is 12.2. The van der Waals surface area contributed by atoms with Gasteiger partial charge in [-0.1, -0.05) is 156 Å². The monoisotopic (exact) mass is 1190 g/mol. The maximum Gasteiger partial charge on any atom is 0.302 e. The molecule has 460 valence electrons. The van der Waals surface area contributed by atoms with Gasteiger partial charge in [-0.05, 0) is 39.8 Å². The number of piperazine rings is 4. The number of sulfonamides is 3. The SMILES string of the molecule is CCCCCCCCS(=O)(=O)F.CCCCCCCCS(=O)(=O)N1CCN(C)CC1.CCCCCCCCS(=O)(=O)N1CC[N+](C)(C)CC1.CCCCCCCCS(=O)(=O)N1CC[N+](C)(C)CC1.CN1CCNCC1.[Cl-]. The predicted molar refractivity (Wildman–Crippen MR) is 316 cm³/mol. The molecule has 0 amide bonds. The molecule has 0 radical (unpaired) electrons. The Balaban J connectivity index is 0. The Bertz CT molecular complexity index is 1750. The van der Waals surface area contributed by atoms with E-state index in [1.165, 1.54) is 103 Å². The molecule has 0 spiro atoms. The smallest absolute Gasteiger partial charge is 0.302 e.